The van der Waals surface area contributed by atoms with Crippen LogP contribution in [0.2, 0.25) is 5.28 Å². The van der Waals surface area contributed by atoms with E-state index in [1.807, 2.05) is 23.1 Å². The van der Waals surface area contributed by atoms with Crippen molar-refractivity contribution in [2.24, 2.45) is 0 Å². The van der Waals surface area contributed by atoms with Crippen molar-refractivity contribution >= 4 is 34.4 Å². The third-order valence-electron chi connectivity index (χ3n) is 4.46. The minimum atomic E-state index is -4.68. The summed E-state index contributed by atoms with van der Waals surface area (Å²) in [4.78, 5) is 17.9. The summed E-state index contributed by atoms with van der Waals surface area (Å²) in [5.41, 5.74) is -0.243. The second kappa shape index (κ2) is 7.38. The zero-order valence-electron chi connectivity index (χ0n) is 14.7. The predicted molar refractivity (Wildman–Crippen MR) is 100 cm³/mol. The number of aromatic nitrogens is 4. The van der Waals surface area contributed by atoms with Crippen molar-refractivity contribution < 1.29 is 13.2 Å². The summed E-state index contributed by atoms with van der Waals surface area (Å²) in [7, 11) is 0. The van der Waals surface area contributed by atoms with Gasteiger partial charge in [0.1, 0.15) is 0 Å². The highest BCUT2D eigenvalue weighted by Gasteiger charge is 2.38. The van der Waals surface area contributed by atoms with Crippen LogP contribution >= 0.6 is 11.6 Å². The normalized spacial score (nSPS) is 14.6. The third-order valence-corrected chi connectivity index (χ3v) is 4.63. The number of halogens is 4. The first-order chi connectivity index (χ1) is 13.4. The quantitative estimate of drug-likeness (QED) is 0.649. The van der Waals surface area contributed by atoms with Gasteiger partial charge >= 0.3 is 6.18 Å². The van der Waals surface area contributed by atoms with Crippen LogP contribution in [-0.4, -0.2) is 33.0 Å². The van der Waals surface area contributed by atoms with Gasteiger partial charge in [-0.15, -0.1) is 0 Å². The van der Waals surface area contributed by atoms with Crippen LogP contribution in [0.4, 0.5) is 24.8 Å². The molecule has 0 atom stereocenters. The summed E-state index contributed by atoms with van der Waals surface area (Å²) in [5, 5.41) is 2.65. The van der Waals surface area contributed by atoms with Gasteiger partial charge in [0.05, 0.1) is 0 Å². The van der Waals surface area contributed by atoms with E-state index in [4.69, 9.17) is 11.6 Å². The minimum Gasteiger partial charge on any atom is -0.364 e. The van der Waals surface area contributed by atoms with Crippen molar-refractivity contribution in [3.05, 3.63) is 46.9 Å². The third kappa shape index (κ3) is 3.80. The summed E-state index contributed by atoms with van der Waals surface area (Å²) in [5.74, 6) is -0.0916. The lowest BCUT2D eigenvalue weighted by molar-refractivity contribution is -0.140. The Hall–Kier alpha value is -2.68. The molecule has 3 aromatic rings. The Morgan fingerprint density at radius 2 is 1.71 bits per heavy atom. The maximum atomic E-state index is 13.7. The van der Waals surface area contributed by atoms with Crippen molar-refractivity contribution in [3.63, 3.8) is 0 Å². The molecular formula is C18H16ClF3N6. The zero-order chi connectivity index (χ0) is 19.7. The molecule has 1 saturated heterocycles. The summed E-state index contributed by atoms with van der Waals surface area (Å²) in [6.45, 7) is 1.53. The van der Waals surface area contributed by atoms with E-state index >= 15 is 0 Å². The molecule has 1 aliphatic heterocycles. The first-order valence-electron chi connectivity index (χ1n) is 8.77. The van der Waals surface area contributed by atoms with Gasteiger partial charge < -0.3 is 10.2 Å². The number of nitrogens with zero attached hydrogens (tertiary/aromatic N) is 5. The largest absolute Gasteiger partial charge is 0.437 e. The molecule has 1 aromatic carbocycles. The van der Waals surface area contributed by atoms with Gasteiger partial charge in [-0.3, -0.25) is 0 Å². The molecule has 0 aliphatic carbocycles. The van der Waals surface area contributed by atoms with E-state index in [2.05, 4.69) is 25.3 Å². The van der Waals surface area contributed by atoms with Gasteiger partial charge in [-0.25, -0.2) is 9.97 Å². The van der Waals surface area contributed by atoms with Gasteiger partial charge in [-0.05, 0) is 30.0 Å². The van der Waals surface area contributed by atoms with Gasteiger partial charge in [0.25, 0.3) is 0 Å². The molecule has 1 N–H and O–H groups in total. The summed E-state index contributed by atoms with van der Waals surface area (Å²) >= 11 is 6.00. The van der Waals surface area contributed by atoms with Crippen LogP contribution in [-0.2, 0) is 12.7 Å². The Labute approximate surface area is 163 Å². The molecule has 1 fully saturated rings. The average Bonchev–Trinajstić information content (AvgIpc) is 3.19. The van der Waals surface area contributed by atoms with Crippen molar-refractivity contribution in [2.75, 3.05) is 23.3 Å². The van der Waals surface area contributed by atoms with E-state index in [0.29, 0.717) is 18.9 Å². The number of nitrogens with one attached hydrogen (secondary N) is 1. The standard InChI is InChI=1S/C18H16ClF3N6/c19-17-26-14-12(16(27-17)28-8-4-5-9-28)24-13(18(20,21)22)15(25-14)23-10-11-6-2-1-3-7-11/h1-3,6-7H,4-5,8-10H2,(H,23,25,26,27). The topological polar surface area (TPSA) is 66.8 Å². The van der Waals surface area contributed by atoms with E-state index in [9.17, 15) is 13.2 Å². The Kier molecular flexibility index (Phi) is 4.92. The van der Waals surface area contributed by atoms with Crippen LogP contribution in [0.3, 0.4) is 0 Å². The van der Waals surface area contributed by atoms with Gasteiger partial charge in [0.2, 0.25) is 5.28 Å². The number of hydrogen-bond acceptors (Lipinski definition) is 6. The van der Waals surface area contributed by atoms with Gasteiger partial charge in [0.15, 0.2) is 28.5 Å². The Morgan fingerprint density at radius 1 is 1.00 bits per heavy atom. The van der Waals surface area contributed by atoms with E-state index in [0.717, 1.165) is 18.4 Å². The van der Waals surface area contributed by atoms with Crippen LogP contribution in [0.5, 0.6) is 0 Å². The predicted octanol–water partition coefficient (Wildman–Crippen LogP) is 4.30. The Bertz CT molecular complexity index is 990. The number of alkyl halides is 3. The molecule has 0 amide bonds. The molecular weight excluding hydrogens is 393 g/mol. The monoisotopic (exact) mass is 408 g/mol. The average molecular weight is 409 g/mol. The fourth-order valence-electron chi connectivity index (χ4n) is 3.16. The molecule has 146 valence electrons. The Balaban J connectivity index is 1.80. The van der Waals surface area contributed by atoms with Crippen LogP contribution in [0.15, 0.2) is 30.3 Å². The SMILES string of the molecule is FC(F)(F)c1nc2c(N3CCCC3)nc(Cl)nc2nc1NCc1ccccc1. The maximum absolute atomic E-state index is 13.7. The van der Waals surface area contributed by atoms with E-state index < -0.39 is 11.9 Å². The highest BCUT2D eigenvalue weighted by Crippen LogP contribution is 2.35. The molecule has 10 heteroatoms. The van der Waals surface area contributed by atoms with Gasteiger partial charge in [-0.2, -0.15) is 23.1 Å². The molecule has 2 aromatic heterocycles. The van der Waals surface area contributed by atoms with Crippen LogP contribution in [0.25, 0.3) is 11.2 Å². The minimum absolute atomic E-state index is 0.00360. The zero-order valence-corrected chi connectivity index (χ0v) is 15.4. The molecule has 4 rings (SSSR count). The maximum Gasteiger partial charge on any atom is 0.437 e. The summed E-state index contributed by atoms with van der Waals surface area (Å²) < 4.78 is 41.0. The number of hydrogen-bond donors (Lipinski definition) is 1. The lowest BCUT2D eigenvalue weighted by Crippen LogP contribution is -2.22. The van der Waals surface area contributed by atoms with Crippen molar-refractivity contribution in [3.8, 4) is 0 Å². The lowest BCUT2D eigenvalue weighted by Gasteiger charge is -2.19. The summed E-state index contributed by atoms with van der Waals surface area (Å²) in [6.07, 6.45) is -2.82. The van der Waals surface area contributed by atoms with Crippen LogP contribution in [0, 0.1) is 0 Å². The molecule has 0 unspecified atom stereocenters. The molecule has 3 heterocycles. The molecule has 28 heavy (non-hydrogen) atoms. The first kappa shape index (κ1) is 18.7. The smallest absolute Gasteiger partial charge is 0.364 e. The fraction of sp³-hybridized carbons (Fsp3) is 0.333. The molecule has 6 nitrogen and oxygen atoms in total. The van der Waals surface area contributed by atoms with Crippen molar-refractivity contribution in [1.29, 1.82) is 0 Å². The molecule has 0 saturated carbocycles. The summed E-state index contributed by atoms with van der Waals surface area (Å²) in [6, 6.07) is 9.06. The number of benzene rings is 1. The van der Waals surface area contributed by atoms with Crippen LogP contribution in [0.1, 0.15) is 24.1 Å². The van der Waals surface area contributed by atoms with E-state index in [-0.39, 0.29) is 28.8 Å². The molecule has 1 aliphatic rings. The fourth-order valence-corrected chi connectivity index (χ4v) is 3.32. The highest BCUT2D eigenvalue weighted by molar-refractivity contribution is 6.28. The number of fused-ring (bicyclic) bond motifs is 1. The van der Waals surface area contributed by atoms with E-state index in [1.165, 1.54) is 0 Å². The van der Waals surface area contributed by atoms with Gasteiger partial charge in [-0.1, -0.05) is 30.3 Å². The second-order valence-corrected chi connectivity index (χ2v) is 6.78. The van der Waals surface area contributed by atoms with Crippen molar-refractivity contribution in [1.82, 2.24) is 19.9 Å². The highest BCUT2D eigenvalue weighted by atomic mass is 35.5. The van der Waals surface area contributed by atoms with Crippen LogP contribution < -0.4 is 10.2 Å². The number of rotatable bonds is 4. The van der Waals surface area contributed by atoms with Crippen molar-refractivity contribution in [2.45, 2.75) is 25.6 Å². The Morgan fingerprint density at radius 3 is 2.39 bits per heavy atom. The van der Waals surface area contributed by atoms with Gasteiger partial charge in [0, 0.05) is 19.6 Å². The first-order valence-corrected chi connectivity index (χ1v) is 9.15. The lowest BCUT2D eigenvalue weighted by atomic mass is 10.2. The number of anilines is 2. The molecule has 0 spiro atoms. The second-order valence-electron chi connectivity index (χ2n) is 6.44. The van der Waals surface area contributed by atoms with E-state index in [1.54, 1.807) is 12.1 Å². The molecule has 0 bridgehead atoms. The molecule has 0 radical (unpaired) electrons.